The van der Waals surface area contributed by atoms with Crippen LogP contribution in [0.25, 0.3) is 0 Å². The van der Waals surface area contributed by atoms with Gasteiger partial charge in [-0.2, -0.15) is 0 Å². The molecule has 0 bridgehead atoms. The van der Waals surface area contributed by atoms with Crippen molar-refractivity contribution in [3.63, 3.8) is 0 Å². The highest BCUT2D eigenvalue weighted by molar-refractivity contribution is 6.27. The summed E-state index contributed by atoms with van der Waals surface area (Å²) >= 11 is 0. The molecule has 5 nitrogen and oxygen atoms in total. The molecule has 1 unspecified atom stereocenters. The molecule has 1 atom stereocenters. The van der Waals surface area contributed by atoms with E-state index in [0.29, 0.717) is 4.90 Å². The van der Waals surface area contributed by atoms with Crippen LogP contribution in [0, 0.1) is 24.5 Å². The number of aryl methyl sites for hydroxylation is 1. The molecule has 100 valence electrons. The van der Waals surface area contributed by atoms with Crippen molar-refractivity contribution in [1.29, 1.82) is 0 Å². The van der Waals surface area contributed by atoms with Gasteiger partial charge in [0.1, 0.15) is 17.6 Å². The average molecular weight is 268 g/mol. The van der Waals surface area contributed by atoms with Crippen LogP contribution < -0.4 is 10.2 Å². The van der Waals surface area contributed by atoms with Crippen molar-refractivity contribution in [3.8, 4) is 0 Å². The number of hydrogen-bond donors (Lipinski definition) is 1. The molecule has 0 saturated carbocycles. The van der Waals surface area contributed by atoms with Gasteiger partial charge in [-0.25, -0.2) is 18.5 Å². The maximum Gasteiger partial charge on any atom is 0.335 e. The van der Waals surface area contributed by atoms with Crippen LogP contribution in [0.5, 0.6) is 0 Å². The van der Waals surface area contributed by atoms with E-state index < -0.39 is 41.1 Å². The molecule has 1 aliphatic heterocycles. The summed E-state index contributed by atoms with van der Waals surface area (Å²) in [5.41, 5.74) is -0.458. The van der Waals surface area contributed by atoms with Gasteiger partial charge in [0.2, 0.25) is 11.8 Å². The number of barbiturate groups is 1. The van der Waals surface area contributed by atoms with E-state index in [1.165, 1.54) is 13.8 Å². The molecule has 1 N–H and O–H groups in total. The lowest BCUT2D eigenvalue weighted by Gasteiger charge is -2.28. The second-order valence-corrected chi connectivity index (χ2v) is 4.24. The van der Waals surface area contributed by atoms with E-state index in [1.807, 2.05) is 5.32 Å². The Balaban J connectivity index is 2.52. The van der Waals surface area contributed by atoms with E-state index in [2.05, 4.69) is 0 Å². The third-order valence-electron chi connectivity index (χ3n) is 2.89. The van der Waals surface area contributed by atoms with Crippen LogP contribution in [0.1, 0.15) is 12.5 Å². The molecule has 7 heteroatoms. The van der Waals surface area contributed by atoms with Crippen LogP contribution in [0.15, 0.2) is 12.1 Å². The lowest BCUT2D eigenvalue weighted by Crippen LogP contribution is -2.57. The Labute approximate surface area is 107 Å². The van der Waals surface area contributed by atoms with E-state index in [9.17, 15) is 23.2 Å². The number of amides is 4. The van der Waals surface area contributed by atoms with Crippen molar-refractivity contribution in [1.82, 2.24) is 5.32 Å². The van der Waals surface area contributed by atoms with Crippen LogP contribution in [0.3, 0.4) is 0 Å². The second kappa shape index (κ2) is 4.42. The van der Waals surface area contributed by atoms with Gasteiger partial charge in [-0.15, -0.1) is 0 Å². The number of imide groups is 2. The predicted octanol–water partition coefficient (Wildman–Crippen LogP) is 1.49. The number of urea groups is 1. The molecule has 1 saturated heterocycles. The first kappa shape index (κ1) is 13.1. The largest absolute Gasteiger partial charge is 0.335 e. The fourth-order valence-electron chi connectivity index (χ4n) is 1.71. The van der Waals surface area contributed by atoms with Crippen LogP contribution >= 0.6 is 0 Å². The minimum absolute atomic E-state index is 0.0511. The van der Waals surface area contributed by atoms with E-state index in [-0.39, 0.29) is 5.56 Å². The zero-order chi connectivity index (χ0) is 14.3. The Bertz CT molecular complexity index is 601. The summed E-state index contributed by atoms with van der Waals surface area (Å²) in [5.74, 6) is -4.46. The van der Waals surface area contributed by atoms with Gasteiger partial charge in [0.15, 0.2) is 0 Å². The van der Waals surface area contributed by atoms with Gasteiger partial charge in [0.05, 0.1) is 5.69 Å². The Morgan fingerprint density at radius 2 is 1.79 bits per heavy atom. The molecule has 1 aromatic rings. The van der Waals surface area contributed by atoms with Crippen molar-refractivity contribution < 1.29 is 23.2 Å². The van der Waals surface area contributed by atoms with Crippen molar-refractivity contribution in [2.24, 2.45) is 5.92 Å². The van der Waals surface area contributed by atoms with Gasteiger partial charge in [-0.3, -0.25) is 14.9 Å². The molecule has 1 fully saturated rings. The molecule has 1 aromatic carbocycles. The summed E-state index contributed by atoms with van der Waals surface area (Å²) in [5, 5.41) is 1.91. The third-order valence-corrected chi connectivity index (χ3v) is 2.89. The lowest BCUT2D eigenvalue weighted by atomic mass is 10.1. The van der Waals surface area contributed by atoms with Gasteiger partial charge < -0.3 is 0 Å². The maximum atomic E-state index is 13.8. The van der Waals surface area contributed by atoms with E-state index >= 15 is 0 Å². The first-order valence-electron chi connectivity index (χ1n) is 5.47. The van der Waals surface area contributed by atoms with Crippen LogP contribution in [0.4, 0.5) is 19.3 Å². The molecular weight excluding hydrogens is 258 g/mol. The molecule has 4 amide bonds. The molecule has 0 aromatic heterocycles. The summed E-state index contributed by atoms with van der Waals surface area (Å²) in [4.78, 5) is 35.1. The molecular formula is C12H10F2N2O3. The quantitative estimate of drug-likeness (QED) is 0.785. The Morgan fingerprint density at radius 3 is 2.42 bits per heavy atom. The topological polar surface area (TPSA) is 66.5 Å². The molecule has 2 rings (SSSR count). The molecule has 1 aliphatic rings. The first-order chi connectivity index (χ1) is 8.82. The fourth-order valence-corrected chi connectivity index (χ4v) is 1.71. The van der Waals surface area contributed by atoms with E-state index in [1.54, 1.807) is 0 Å². The number of carbonyl (C=O) groups is 3. The van der Waals surface area contributed by atoms with Crippen molar-refractivity contribution in [3.05, 3.63) is 29.3 Å². The highest BCUT2D eigenvalue weighted by Gasteiger charge is 2.39. The number of anilines is 1. The fraction of sp³-hybridized carbons (Fsp3) is 0.250. The molecule has 1 heterocycles. The van der Waals surface area contributed by atoms with Crippen molar-refractivity contribution in [2.75, 3.05) is 4.90 Å². The number of hydrogen-bond acceptors (Lipinski definition) is 3. The smallest absolute Gasteiger partial charge is 0.277 e. The molecule has 19 heavy (non-hydrogen) atoms. The van der Waals surface area contributed by atoms with Crippen molar-refractivity contribution >= 4 is 23.5 Å². The Morgan fingerprint density at radius 1 is 1.16 bits per heavy atom. The lowest BCUT2D eigenvalue weighted by molar-refractivity contribution is -0.133. The zero-order valence-electron chi connectivity index (χ0n) is 10.2. The standard InChI is InChI=1S/C12H10F2N2O3/c1-5-3-8(14)9(4-7(5)13)16-11(18)6(2)10(17)15-12(16)19/h3-4,6H,1-2H3,(H,15,17,19). The monoisotopic (exact) mass is 268 g/mol. The summed E-state index contributed by atoms with van der Waals surface area (Å²) in [7, 11) is 0. The van der Waals surface area contributed by atoms with Gasteiger partial charge in [-0.05, 0) is 25.5 Å². The third kappa shape index (κ3) is 2.07. The number of nitrogens with one attached hydrogen (secondary N) is 1. The van der Waals surface area contributed by atoms with E-state index in [4.69, 9.17) is 0 Å². The van der Waals surface area contributed by atoms with Gasteiger partial charge >= 0.3 is 6.03 Å². The zero-order valence-corrected chi connectivity index (χ0v) is 10.2. The number of carbonyl (C=O) groups excluding carboxylic acids is 3. The number of rotatable bonds is 1. The summed E-state index contributed by atoms with van der Waals surface area (Å²) in [6, 6.07) is 0.548. The molecule has 0 aliphatic carbocycles. The Kier molecular flexibility index (Phi) is 3.05. The predicted molar refractivity (Wildman–Crippen MR) is 61.3 cm³/mol. The van der Waals surface area contributed by atoms with E-state index in [0.717, 1.165) is 12.1 Å². The normalized spacial score (nSPS) is 19.7. The second-order valence-electron chi connectivity index (χ2n) is 4.24. The van der Waals surface area contributed by atoms with Crippen LogP contribution in [-0.2, 0) is 9.59 Å². The Hall–Kier alpha value is -2.31. The first-order valence-corrected chi connectivity index (χ1v) is 5.47. The summed E-state index contributed by atoms with van der Waals surface area (Å²) in [6.45, 7) is 2.63. The molecule has 0 spiro atoms. The highest BCUT2D eigenvalue weighted by Crippen LogP contribution is 2.26. The molecule has 0 radical (unpaired) electrons. The average Bonchev–Trinajstić information content (AvgIpc) is 2.33. The number of nitrogens with zero attached hydrogens (tertiary/aromatic N) is 1. The minimum atomic E-state index is -1.14. The summed E-state index contributed by atoms with van der Waals surface area (Å²) in [6.07, 6.45) is 0. The van der Waals surface area contributed by atoms with Gasteiger partial charge in [-0.1, -0.05) is 0 Å². The van der Waals surface area contributed by atoms with Crippen LogP contribution in [0.2, 0.25) is 0 Å². The number of benzene rings is 1. The highest BCUT2D eigenvalue weighted by atomic mass is 19.1. The van der Waals surface area contributed by atoms with Gasteiger partial charge in [0.25, 0.3) is 0 Å². The SMILES string of the molecule is Cc1cc(F)c(N2C(=O)NC(=O)C(C)C2=O)cc1F. The maximum absolute atomic E-state index is 13.8. The number of halogens is 2. The summed E-state index contributed by atoms with van der Waals surface area (Å²) < 4.78 is 27.2. The van der Waals surface area contributed by atoms with Crippen LogP contribution in [-0.4, -0.2) is 17.8 Å². The van der Waals surface area contributed by atoms with Crippen molar-refractivity contribution in [2.45, 2.75) is 13.8 Å². The minimum Gasteiger partial charge on any atom is -0.277 e. The van der Waals surface area contributed by atoms with Gasteiger partial charge in [0, 0.05) is 6.07 Å².